The zero-order chi connectivity index (χ0) is 14.0. The molecule has 0 aliphatic carbocycles. The Morgan fingerprint density at radius 2 is 2.11 bits per heavy atom. The van der Waals surface area contributed by atoms with E-state index in [0.717, 1.165) is 19.5 Å². The monoisotopic (exact) mass is 346 g/mol. The molecule has 0 amide bonds. The van der Waals surface area contributed by atoms with Crippen LogP contribution in [0.15, 0.2) is 33.6 Å². The van der Waals surface area contributed by atoms with Gasteiger partial charge in [-0.2, -0.15) is 0 Å². The van der Waals surface area contributed by atoms with E-state index in [9.17, 15) is 8.42 Å². The van der Waals surface area contributed by atoms with Gasteiger partial charge in [0.25, 0.3) is 0 Å². The minimum absolute atomic E-state index is 0.337. The van der Waals surface area contributed by atoms with E-state index in [1.807, 2.05) is 6.07 Å². The Kier molecular flexibility index (Phi) is 4.66. The van der Waals surface area contributed by atoms with Crippen LogP contribution in [-0.4, -0.2) is 51.4 Å². The predicted octanol–water partition coefficient (Wildman–Crippen LogP) is 2.02. The molecule has 2 rings (SSSR count). The van der Waals surface area contributed by atoms with Gasteiger partial charge in [-0.15, -0.1) is 0 Å². The number of nitrogens with zero attached hydrogens (tertiary/aromatic N) is 2. The Morgan fingerprint density at radius 3 is 2.68 bits per heavy atom. The van der Waals surface area contributed by atoms with Crippen molar-refractivity contribution in [3.63, 3.8) is 0 Å². The third-order valence-electron chi connectivity index (χ3n) is 3.53. The van der Waals surface area contributed by atoms with Gasteiger partial charge in [-0.05, 0) is 54.0 Å². The van der Waals surface area contributed by atoms with Gasteiger partial charge in [-0.3, -0.25) is 0 Å². The van der Waals surface area contributed by atoms with Crippen LogP contribution in [0.5, 0.6) is 0 Å². The molecular weight excluding hydrogens is 328 g/mol. The Labute approximate surface area is 123 Å². The van der Waals surface area contributed by atoms with E-state index < -0.39 is 10.0 Å². The van der Waals surface area contributed by atoms with Crippen molar-refractivity contribution in [2.45, 2.75) is 11.3 Å². The first kappa shape index (κ1) is 15.0. The van der Waals surface area contributed by atoms with Gasteiger partial charge in [-0.1, -0.05) is 12.1 Å². The molecule has 1 aromatic carbocycles. The second-order valence-electron chi connectivity index (χ2n) is 5.13. The van der Waals surface area contributed by atoms with Gasteiger partial charge in [0, 0.05) is 24.6 Å². The van der Waals surface area contributed by atoms with Crippen molar-refractivity contribution in [1.29, 1.82) is 0 Å². The molecule has 1 aromatic rings. The van der Waals surface area contributed by atoms with Crippen LogP contribution >= 0.6 is 15.9 Å². The van der Waals surface area contributed by atoms with Crippen LogP contribution in [0.3, 0.4) is 0 Å². The molecule has 1 unspecified atom stereocenters. The van der Waals surface area contributed by atoms with Crippen molar-refractivity contribution in [1.82, 2.24) is 9.21 Å². The van der Waals surface area contributed by atoms with Gasteiger partial charge < -0.3 is 4.90 Å². The van der Waals surface area contributed by atoms with Crippen molar-refractivity contribution in [3.05, 3.63) is 28.7 Å². The number of sulfonamides is 1. The first-order chi connectivity index (χ1) is 8.91. The highest BCUT2D eigenvalue weighted by molar-refractivity contribution is 9.10. The molecule has 1 aliphatic heterocycles. The Balaban J connectivity index is 2.14. The molecule has 0 bridgehead atoms. The maximum Gasteiger partial charge on any atom is 0.243 e. The molecule has 19 heavy (non-hydrogen) atoms. The van der Waals surface area contributed by atoms with Crippen LogP contribution in [0, 0.1) is 5.92 Å². The van der Waals surface area contributed by atoms with Crippen LogP contribution in [0.1, 0.15) is 6.42 Å². The number of likely N-dealkylation sites (tertiary alicyclic amines) is 1. The predicted molar refractivity (Wildman–Crippen MR) is 79.6 cm³/mol. The van der Waals surface area contributed by atoms with E-state index in [-0.39, 0.29) is 0 Å². The fourth-order valence-corrected chi connectivity index (χ4v) is 4.67. The first-order valence-electron chi connectivity index (χ1n) is 6.30. The molecule has 1 atom stereocenters. The third-order valence-corrected chi connectivity index (χ3v) is 6.36. The van der Waals surface area contributed by atoms with Crippen molar-refractivity contribution in [2.24, 2.45) is 5.92 Å². The zero-order valence-electron chi connectivity index (χ0n) is 11.2. The van der Waals surface area contributed by atoms with Crippen LogP contribution in [0.25, 0.3) is 0 Å². The smallest absolute Gasteiger partial charge is 0.243 e. The fourth-order valence-electron chi connectivity index (χ4n) is 2.46. The molecule has 0 saturated carbocycles. The van der Waals surface area contributed by atoms with Gasteiger partial charge in [0.1, 0.15) is 0 Å². The summed E-state index contributed by atoms with van der Waals surface area (Å²) in [5.74, 6) is 0.423. The number of benzene rings is 1. The number of hydrogen-bond donors (Lipinski definition) is 0. The van der Waals surface area contributed by atoms with Crippen LogP contribution < -0.4 is 0 Å². The molecule has 0 spiro atoms. The zero-order valence-corrected chi connectivity index (χ0v) is 13.6. The van der Waals surface area contributed by atoms with E-state index in [2.05, 4.69) is 27.9 Å². The summed E-state index contributed by atoms with van der Waals surface area (Å²) in [4.78, 5) is 2.58. The number of rotatable bonds is 4. The van der Waals surface area contributed by atoms with Crippen molar-refractivity contribution in [2.75, 3.05) is 33.7 Å². The summed E-state index contributed by atoms with van der Waals surface area (Å²) in [6.45, 7) is 2.59. The highest BCUT2D eigenvalue weighted by atomic mass is 79.9. The lowest BCUT2D eigenvalue weighted by Crippen LogP contribution is -2.33. The topological polar surface area (TPSA) is 40.6 Å². The van der Waals surface area contributed by atoms with Gasteiger partial charge in [-0.25, -0.2) is 12.7 Å². The van der Waals surface area contributed by atoms with Crippen LogP contribution in [0.2, 0.25) is 0 Å². The largest absolute Gasteiger partial charge is 0.306 e. The standard InChI is InChI=1S/C13H19BrN2O2S/c1-15-8-7-11(9-15)10-16(2)19(17,18)13-6-4-3-5-12(13)14/h3-6,11H,7-10H2,1-2H3. The Bertz CT molecular complexity index is 547. The molecule has 4 nitrogen and oxygen atoms in total. The summed E-state index contributed by atoms with van der Waals surface area (Å²) in [5, 5.41) is 0. The van der Waals surface area contributed by atoms with Crippen molar-refractivity contribution < 1.29 is 8.42 Å². The van der Waals surface area contributed by atoms with E-state index >= 15 is 0 Å². The fraction of sp³-hybridized carbons (Fsp3) is 0.538. The second-order valence-corrected chi connectivity index (χ2v) is 8.00. The quantitative estimate of drug-likeness (QED) is 0.837. The lowest BCUT2D eigenvalue weighted by atomic mass is 10.1. The van der Waals surface area contributed by atoms with E-state index in [1.54, 1.807) is 25.2 Å². The highest BCUT2D eigenvalue weighted by Crippen LogP contribution is 2.25. The van der Waals surface area contributed by atoms with Crippen LogP contribution in [-0.2, 0) is 10.0 Å². The summed E-state index contributed by atoms with van der Waals surface area (Å²) >= 11 is 3.31. The molecule has 106 valence electrons. The molecular formula is C13H19BrN2O2S. The second kappa shape index (κ2) is 5.91. The summed E-state index contributed by atoms with van der Waals surface area (Å²) in [6.07, 6.45) is 1.06. The molecule has 1 aliphatic rings. The Morgan fingerprint density at radius 1 is 1.42 bits per heavy atom. The van der Waals surface area contributed by atoms with E-state index in [0.29, 0.717) is 21.8 Å². The number of halogens is 1. The first-order valence-corrected chi connectivity index (χ1v) is 8.54. The summed E-state index contributed by atoms with van der Waals surface area (Å²) < 4.78 is 27.1. The van der Waals surface area contributed by atoms with Gasteiger partial charge in [0.15, 0.2) is 0 Å². The van der Waals surface area contributed by atoms with Gasteiger partial charge in [0.2, 0.25) is 10.0 Å². The molecule has 1 saturated heterocycles. The summed E-state index contributed by atoms with van der Waals surface area (Å²) in [5.41, 5.74) is 0. The maximum atomic E-state index is 12.5. The molecule has 1 heterocycles. The summed E-state index contributed by atoms with van der Waals surface area (Å²) in [7, 11) is 0.325. The highest BCUT2D eigenvalue weighted by Gasteiger charge is 2.28. The average Bonchev–Trinajstić information content (AvgIpc) is 2.75. The van der Waals surface area contributed by atoms with Gasteiger partial charge >= 0.3 is 0 Å². The maximum absolute atomic E-state index is 12.5. The molecule has 6 heteroatoms. The normalized spacial score (nSPS) is 21.2. The molecule has 0 aromatic heterocycles. The lowest BCUT2D eigenvalue weighted by molar-refractivity contribution is 0.356. The molecule has 1 fully saturated rings. The average molecular weight is 347 g/mol. The number of hydrogen-bond acceptors (Lipinski definition) is 3. The minimum atomic E-state index is -3.41. The molecule has 0 N–H and O–H groups in total. The van der Waals surface area contributed by atoms with Gasteiger partial charge in [0.05, 0.1) is 4.90 Å². The minimum Gasteiger partial charge on any atom is -0.306 e. The van der Waals surface area contributed by atoms with Crippen molar-refractivity contribution >= 4 is 26.0 Å². The Hall–Kier alpha value is -0.430. The van der Waals surface area contributed by atoms with E-state index in [1.165, 1.54) is 4.31 Å². The third kappa shape index (κ3) is 3.37. The summed E-state index contributed by atoms with van der Waals surface area (Å²) in [6, 6.07) is 6.95. The van der Waals surface area contributed by atoms with Crippen molar-refractivity contribution in [3.8, 4) is 0 Å². The lowest BCUT2D eigenvalue weighted by Gasteiger charge is -2.21. The molecule has 0 radical (unpaired) electrons. The van der Waals surface area contributed by atoms with Crippen LogP contribution in [0.4, 0.5) is 0 Å². The SMILES string of the molecule is CN1CCC(CN(C)S(=O)(=O)c2ccccc2Br)C1. The van der Waals surface area contributed by atoms with E-state index in [4.69, 9.17) is 0 Å².